The van der Waals surface area contributed by atoms with Crippen LogP contribution in [0.15, 0.2) is 12.1 Å². The molecule has 1 aliphatic heterocycles. The number of nitrogens with zero attached hydrogens (tertiary/aromatic N) is 2. The second-order valence-electron chi connectivity index (χ2n) is 3.95. The molecule has 0 aromatic carbocycles. The number of halogens is 2. The molecule has 6 heteroatoms. The smallest absolute Gasteiger partial charge is 0.283 e. The molecule has 0 atom stereocenters. The van der Waals surface area contributed by atoms with E-state index in [-0.39, 0.29) is 16.8 Å². The molecule has 0 bridgehead atoms. The SMILES string of the molecule is O=C(NN1CCCCC1)c1nc(Cl)ccc1Cl. The molecule has 0 aliphatic carbocycles. The Morgan fingerprint density at radius 1 is 1.24 bits per heavy atom. The number of amides is 1. The molecule has 1 aromatic rings. The number of hydrogen-bond acceptors (Lipinski definition) is 3. The van der Waals surface area contributed by atoms with Gasteiger partial charge >= 0.3 is 0 Å². The fourth-order valence-electron chi connectivity index (χ4n) is 1.78. The maximum atomic E-state index is 11.9. The van der Waals surface area contributed by atoms with Crippen molar-refractivity contribution >= 4 is 29.1 Å². The van der Waals surface area contributed by atoms with E-state index in [2.05, 4.69) is 10.4 Å². The molecule has 1 amide bonds. The fourth-order valence-corrected chi connectivity index (χ4v) is 2.12. The number of hydrogen-bond donors (Lipinski definition) is 1. The molecule has 0 spiro atoms. The average Bonchev–Trinajstić information content (AvgIpc) is 2.33. The summed E-state index contributed by atoms with van der Waals surface area (Å²) >= 11 is 11.6. The average molecular weight is 274 g/mol. The van der Waals surface area contributed by atoms with Gasteiger partial charge in [-0.1, -0.05) is 29.6 Å². The first kappa shape index (κ1) is 12.6. The van der Waals surface area contributed by atoms with Crippen molar-refractivity contribution < 1.29 is 4.79 Å². The van der Waals surface area contributed by atoms with Crippen LogP contribution >= 0.6 is 23.2 Å². The zero-order chi connectivity index (χ0) is 12.3. The van der Waals surface area contributed by atoms with Crippen LogP contribution in [0, 0.1) is 0 Å². The molecule has 1 saturated heterocycles. The highest BCUT2D eigenvalue weighted by Crippen LogP contribution is 2.17. The van der Waals surface area contributed by atoms with E-state index < -0.39 is 0 Å². The largest absolute Gasteiger partial charge is 0.285 e. The normalized spacial score (nSPS) is 16.8. The molecule has 17 heavy (non-hydrogen) atoms. The molecule has 1 aromatic heterocycles. The number of carbonyl (C=O) groups excluding carboxylic acids is 1. The van der Waals surface area contributed by atoms with Crippen LogP contribution in [0.5, 0.6) is 0 Å². The zero-order valence-electron chi connectivity index (χ0n) is 9.25. The topological polar surface area (TPSA) is 45.2 Å². The Morgan fingerprint density at radius 2 is 1.94 bits per heavy atom. The van der Waals surface area contributed by atoms with E-state index in [4.69, 9.17) is 23.2 Å². The van der Waals surface area contributed by atoms with Crippen LogP contribution in [0.1, 0.15) is 29.8 Å². The van der Waals surface area contributed by atoms with Crippen LogP contribution in [0.25, 0.3) is 0 Å². The molecule has 0 saturated carbocycles. The van der Waals surface area contributed by atoms with Crippen molar-refractivity contribution in [2.24, 2.45) is 0 Å². The summed E-state index contributed by atoms with van der Waals surface area (Å²) in [4.78, 5) is 15.9. The van der Waals surface area contributed by atoms with Gasteiger partial charge in [0.05, 0.1) is 5.02 Å². The summed E-state index contributed by atoms with van der Waals surface area (Å²) in [6, 6.07) is 3.13. The number of rotatable bonds is 2. The molecule has 0 radical (unpaired) electrons. The van der Waals surface area contributed by atoms with Crippen LogP contribution in [-0.2, 0) is 0 Å². The van der Waals surface area contributed by atoms with Crippen LogP contribution in [0.3, 0.4) is 0 Å². The van der Waals surface area contributed by atoms with Crippen molar-refractivity contribution in [1.29, 1.82) is 0 Å². The maximum absolute atomic E-state index is 11.9. The Labute approximate surface area is 110 Å². The molecule has 2 heterocycles. The van der Waals surface area contributed by atoms with E-state index in [1.165, 1.54) is 6.42 Å². The van der Waals surface area contributed by atoms with E-state index in [1.807, 2.05) is 5.01 Å². The van der Waals surface area contributed by atoms with Gasteiger partial charge in [0.1, 0.15) is 10.8 Å². The molecule has 0 unspecified atom stereocenters. The third-order valence-corrected chi connectivity index (χ3v) is 3.16. The van der Waals surface area contributed by atoms with E-state index >= 15 is 0 Å². The van der Waals surface area contributed by atoms with Crippen LogP contribution in [0.4, 0.5) is 0 Å². The monoisotopic (exact) mass is 273 g/mol. The highest BCUT2D eigenvalue weighted by Gasteiger charge is 2.17. The van der Waals surface area contributed by atoms with Gasteiger partial charge < -0.3 is 0 Å². The highest BCUT2D eigenvalue weighted by molar-refractivity contribution is 6.34. The minimum Gasteiger partial charge on any atom is -0.283 e. The number of carbonyl (C=O) groups is 1. The molecular formula is C11H13Cl2N3O. The molecular weight excluding hydrogens is 261 g/mol. The van der Waals surface area contributed by atoms with Gasteiger partial charge in [-0.05, 0) is 25.0 Å². The van der Waals surface area contributed by atoms with Gasteiger partial charge in [0.25, 0.3) is 5.91 Å². The molecule has 1 fully saturated rings. The van der Waals surface area contributed by atoms with Crippen LogP contribution in [-0.4, -0.2) is 29.0 Å². The van der Waals surface area contributed by atoms with Gasteiger partial charge in [-0.2, -0.15) is 0 Å². The summed E-state index contributed by atoms with van der Waals surface area (Å²) in [7, 11) is 0. The predicted molar refractivity (Wildman–Crippen MR) is 67.1 cm³/mol. The van der Waals surface area contributed by atoms with Crippen molar-refractivity contribution in [1.82, 2.24) is 15.4 Å². The van der Waals surface area contributed by atoms with Gasteiger partial charge in [0, 0.05) is 13.1 Å². The van der Waals surface area contributed by atoms with Crippen LogP contribution in [0.2, 0.25) is 10.2 Å². The van der Waals surface area contributed by atoms with E-state index in [0.717, 1.165) is 25.9 Å². The lowest BCUT2D eigenvalue weighted by molar-refractivity contribution is 0.0745. The van der Waals surface area contributed by atoms with Crippen molar-refractivity contribution in [3.8, 4) is 0 Å². The van der Waals surface area contributed by atoms with Gasteiger partial charge in [0.15, 0.2) is 0 Å². The number of piperidine rings is 1. The van der Waals surface area contributed by atoms with Gasteiger partial charge in [0.2, 0.25) is 0 Å². The summed E-state index contributed by atoms with van der Waals surface area (Å²) in [5.74, 6) is -0.306. The van der Waals surface area contributed by atoms with Crippen molar-refractivity contribution in [3.05, 3.63) is 28.0 Å². The third-order valence-electron chi connectivity index (χ3n) is 2.64. The van der Waals surface area contributed by atoms with Crippen molar-refractivity contribution in [2.75, 3.05) is 13.1 Å². The zero-order valence-corrected chi connectivity index (χ0v) is 10.8. The molecule has 1 N–H and O–H groups in total. The standard InChI is InChI=1S/C11H13Cl2N3O/c12-8-4-5-9(13)14-10(8)11(17)15-16-6-2-1-3-7-16/h4-5H,1-3,6-7H2,(H,15,17). The van der Waals surface area contributed by atoms with Crippen molar-refractivity contribution in [2.45, 2.75) is 19.3 Å². The molecule has 4 nitrogen and oxygen atoms in total. The van der Waals surface area contributed by atoms with E-state index in [1.54, 1.807) is 12.1 Å². The quantitative estimate of drug-likeness (QED) is 0.843. The number of nitrogens with one attached hydrogen (secondary N) is 1. The second-order valence-corrected chi connectivity index (χ2v) is 4.75. The van der Waals surface area contributed by atoms with Gasteiger partial charge in [-0.15, -0.1) is 0 Å². The first-order valence-electron chi connectivity index (χ1n) is 5.55. The summed E-state index contributed by atoms with van der Waals surface area (Å²) < 4.78 is 0. The first-order valence-corrected chi connectivity index (χ1v) is 6.30. The maximum Gasteiger partial charge on any atom is 0.285 e. The number of hydrazine groups is 1. The highest BCUT2D eigenvalue weighted by atomic mass is 35.5. The minimum absolute atomic E-state index is 0.171. The fraction of sp³-hybridized carbons (Fsp3) is 0.455. The summed E-state index contributed by atoms with van der Waals surface area (Å²) in [6.45, 7) is 1.73. The van der Waals surface area contributed by atoms with E-state index in [9.17, 15) is 4.79 Å². The van der Waals surface area contributed by atoms with Crippen LogP contribution < -0.4 is 5.43 Å². The predicted octanol–water partition coefficient (Wildman–Crippen LogP) is 2.52. The molecule has 92 valence electrons. The first-order chi connectivity index (χ1) is 8.16. The lowest BCUT2D eigenvalue weighted by Crippen LogP contribution is -2.45. The summed E-state index contributed by atoms with van der Waals surface area (Å²) in [5, 5.41) is 2.46. The van der Waals surface area contributed by atoms with Gasteiger partial charge in [-0.25, -0.2) is 9.99 Å². The van der Waals surface area contributed by atoms with E-state index in [0.29, 0.717) is 5.02 Å². The lowest BCUT2D eigenvalue weighted by atomic mass is 10.2. The third kappa shape index (κ3) is 3.31. The Bertz CT molecular complexity index is 419. The Kier molecular flexibility index (Phi) is 4.20. The summed E-state index contributed by atoms with van der Waals surface area (Å²) in [5.41, 5.74) is 2.96. The van der Waals surface area contributed by atoms with Gasteiger partial charge in [-0.3, -0.25) is 10.2 Å². The Morgan fingerprint density at radius 3 is 2.65 bits per heavy atom. The second kappa shape index (κ2) is 5.67. The Balaban J connectivity index is 2.05. The molecule has 2 rings (SSSR count). The number of pyridine rings is 1. The lowest BCUT2D eigenvalue weighted by Gasteiger charge is -2.26. The molecule has 1 aliphatic rings. The number of aromatic nitrogens is 1. The summed E-state index contributed by atoms with van der Waals surface area (Å²) in [6.07, 6.45) is 3.40. The Hall–Kier alpha value is -0.840. The minimum atomic E-state index is -0.306. The van der Waals surface area contributed by atoms with Crippen molar-refractivity contribution in [3.63, 3.8) is 0 Å².